The van der Waals surface area contributed by atoms with E-state index >= 15 is 0 Å². The summed E-state index contributed by atoms with van der Waals surface area (Å²) in [5, 5.41) is 11.7. The van der Waals surface area contributed by atoms with Crippen LogP contribution in [0, 0.1) is 5.82 Å². The number of nitrogens with one attached hydrogen (secondary N) is 2. The fraction of sp³-hybridized carbons (Fsp3) is 0.407. The number of fused-ring (bicyclic) bond motifs is 2. The van der Waals surface area contributed by atoms with Crippen molar-refractivity contribution in [2.75, 3.05) is 69.7 Å². The normalized spacial score (nSPS) is 18.5. The van der Waals surface area contributed by atoms with Crippen LogP contribution in [0.25, 0.3) is 21.8 Å². The van der Waals surface area contributed by atoms with Gasteiger partial charge in [-0.3, -0.25) is 9.48 Å². The van der Waals surface area contributed by atoms with Crippen molar-refractivity contribution in [2.24, 2.45) is 7.05 Å². The monoisotopic (exact) mass is 534 g/mol. The van der Waals surface area contributed by atoms with Gasteiger partial charge in [-0.15, -0.1) is 0 Å². The van der Waals surface area contributed by atoms with E-state index in [2.05, 4.69) is 35.5 Å². The van der Waals surface area contributed by atoms with E-state index in [0.29, 0.717) is 35.4 Å². The highest BCUT2D eigenvalue weighted by molar-refractivity contribution is 6.14. The van der Waals surface area contributed by atoms with Crippen molar-refractivity contribution in [1.29, 1.82) is 0 Å². The Morgan fingerprint density at radius 3 is 2.87 bits per heavy atom. The molecule has 39 heavy (non-hydrogen) atoms. The molecule has 2 N–H and O–H groups in total. The zero-order valence-electron chi connectivity index (χ0n) is 22.0. The number of hydrogen-bond donors (Lipinski definition) is 2. The van der Waals surface area contributed by atoms with Gasteiger partial charge in [0.2, 0.25) is 0 Å². The van der Waals surface area contributed by atoms with Crippen LogP contribution >= 0.6 is 0 Å². The third-order valence-corrected chi connectivity index (χ3v) is 7.08. The van der Waals surface area contributed by atoms with Gasteiger partial charge < -0.3 is 29.9 Å². The van der Waals surface area contributed by atoms with Crippen LogP contribution in [0.3, 0.4) is 0 Å². The predicted octanol–water partition coefficient (Wildman–Crippen LogP) is 2.03. The lowest BCUT2D eigenvalue weighted by atomic mass is 10.1. The first-order valence-corrected chi connectivity index (χ1v) is 13.1. The first-order valence-electron chi connectivity index (χ1n) is 13.1. The number of ether oxygens (including phenoxy) is 2. The number of anilines is 2. The van der Waals surface area contributed by atoms with Gasteiger partial charge in [0.15, 0.2) is 5.82 Å². The number of aromatic nitrogens is 4. The quantitative estimate of drug-likeness (QED) is 0.384. The zero-order chi connectivity index (χ0) is 26.9. The van der Waals surface area contributed by atoms with Gasteiger partial charge in [0.25, 0.3) is 5.91 Å². The molecule has 4 heterocycles. The third-order valence-electron chi connectivity index (χ3n) is 7.08. The highest BCUT2D eigenvalue weighted by atomic mass is 19.1. The Morgan fingerprint density at radius 1 is 1.21 bits per heavy atom. The van der Waals surface area contributed by atoms with Gasteiger partial charge in [-0.1, -0.05) is 0 Å². The van der Waals surface area contributed by atoms with E-state index in [9.17, 15) is 9.18 Å². The Morgan fingerprint density at radius 2 is 2.05 bits per heavy atom. The van der Waals surface area contributed by atoms with Crippen molar-refractivity contribution in [3.63, 3.8) is 0 Å². The van der Waals surface area contributed by atoms with Crippen molar-refractivity contribution in [2.45, 2.75) is 6.10 Å². The van der Waals surface area contributed by atoms with Gasteiger partial charge in [-0.25, -0.2) is 9.37 Å². The van der Waals surface area contributed by atoms with Gasteiger partial charge in [0.05, 0.1) is 17.7 Å². The minimum absolute atomic E-state index is 0.0877. The molecule has 2 saturated heterocycles. The fourth-order valence-corrected chi connectivity index (χ4v) is 5.14. The maximum absolute atomic E-state index is 14.7. The van der Waals surface area contributed by atoms with Crippen LogP contribution in [0.5, 0.6) is 6.01 Å². The van der Waals surface area contributed by atoms with Crippen molar-refractivity contribution in [1.82, 2.24) is 30.0 Å². The van der Waals surface area contributed by atoms with E-state index in [1.165, 1.54) is 10.7 Å². The highest BCUT2D eigenvalue weighted by Gasteiger charge is 2.22. The SMILES string of the molecule is CN1CCOC(COc2ncc3c(N4CCNCC4)ccc(C(=O)Nc4cc(F)c5nn(C)cc5c4)c3n2)C1. The van der Waals surface area contributed by atoms with E-state index < -0.39 is 11.7 Å². The molecule has 0 bridgehead atoms. The summed E-state index contributed by atoms with van der Waals surface area (Å²) in [5.41, 5.74) is 2.36. The summed E-state index contributed by atoms with van der Waals surface area (Å²) in [6, 6.07) is 6.82. The molecule has 204 valence electrons. The van der Waals surface area contributed by atoms with Crippen LogP contribution < -0.4 is 20.3 Å². The first-order chi connectivity index (χ1) is 18.9. The Labute approximate surface area is 224 Å². The molecule has 2 aromatic heterocycles. The lowest BCUT2D eigenvalue weighted by Crippen LogP contribution is -2.43. The molecule has 0 aliphatic carbocycles. The fourth-order valence-electron chi connectivity index (χ4n) is 5.14. The van der Waals surface area contributed by atoms with E-state index in [1.54, 1.807) is 31.6 Å². The molecule has 1 unspecified atom stereocenters. The largest absolute Gasteiger partial charge is 0.461 e. The zero-order valence-corrected chi connectivity index (χ0v) is 22.0. The molecule has 11 nitrogen and oxygen atoms in total. The molecule has 2 aliphatic heterocycles. The van der Waals surface area contributed by atoms with E-state index in [-0.39, 0.29) is 17.6 Å². The second kappa shape index (κ2) is 10.7. The summed E-state index contributed by atoms with van der Waals surface area (Å²) in [5.74, 6) is -0.910. The number of halogens is 1. The lowest BCUT2D eigenvalue weighted by Gasteiger charge is -2.30. The number of benzene rings is 2. The summed E-state index contributed by atoms with van der Waals surface area (Å²) in [6.07, 6.45) is 3.33. The van der Waals surface area contributed by atoms with E-state index in [4.69, 9.17) is 9.47 Å². The topological polar surface area (TPSA) is 110 Å². The van der Waals surface area contributed by atoms with Crippen molar-refractivity contribution >= 4 is 39.1 Å². The number of morpholine rings is 1. The van der Waals surface area contributed by atoms with Gasteiger partial charge in [0, 0.05) is 80.9 Å². The van der Waals surface area contributed by atoms with Gasteiger partial charge in [-0.2, -0.15) is 10.1 Å². The van der Waals surface area contributed by atoms with Crippen LogP contribution in [-0.4, -0.2) is 96.2 Å². The van der Waals surface area contributed by atoms with Crippen molar-refractivity contribution in [3.05, 3.63) is 48.0 Å². The second-order valence-corrected chi connectivity index (χ2v) is 10.0. The van der Waals surface area contributed by atoms with Crippen molar-refractivity contribution in [3.8, 4) is 6.01 Å². The predicted molar refractivity (Wildman–Crippen MR) is 146 cm³/mol. The van der Waals surface area contributed by atoms with Gasteiger partial charge in [-0.05, 0) is 31.3 Å². The molecule has 6 rings (SSSR count). The van der Waals surface area contributed by atoms with Crippen LogP contribution in [0.1, 0.15) is 10.4 Å². The van der Waals surface area contributed by atoms with Crippen LogP contribution in [0.15, 0.2) is 36.7 Å². The average molecular weight is 535 g/mol. The molecule has 12 heteroatoms. The van der Waals surface area contributed by atoms with E-state index in [1.807, 2.05) is 13.1 Å². The van der Waals surface area contributed by atoms with Crippen LogP contribution in [0.2, 0.25) is 0 Å². The van der Waals surface area contributed by atoms with E-state index in [0.717, 1.165) is 50.3 Å². The Bertz CT molecular complexity index is 1520. The Hall–Kier alpha value is -3.87. The minimum Gasteiger partial charge on any atom is -0.461 e. The third kappa shape index (κ3) is 5.35. The molecule has 0 spiro atoms. The molecule has 2 aromatic carbocycles. The van der Waals surface area contributed by atoms with Crippen LogP contribution in [0.4, 0.5) is 15.8 Å². The number of nitrogens with zero attached hydrogens (tertiary/aromatic N) is 6. The van der Waals surface area contributed by atoms with Crippen LogP contribution in [-0.2, 0) is 11.8 Å². The number of carbonyl (C=O) groups excluding carboxylic acids is 1. The number of likely N-dealkylation sites (N-methyl/N-ethyl adjacent to an activating group) is 1. The van der Waals surface area contributed by atoms with Gasteiger partial charge >= 0.3 is 6.01 Å². The average Bonchev–Trinajstić information content (AvgIpc) is 3.32. The minimum atomic E-state index is -0.504. The molecule has 1 atom stereocenters. The molecule has 1 amide bonds. The standard InChI is InChI=1S/C27H31FN8O3/c1-34-9-10-38-19(15-34)16-39-27-30-13-21-23(36-7-5-29-6-8-36)4-3-20(25(21)32-27)26(37)31-18-11-17-14-35(2)33-24(17)22(28)12-18/h3-4,11-14,19,29H,5-10,15-16H2,1-2H3,(H,31,37). The lowest BCUT2D eigenvalue weighted by molar-refractivity contribution is -0.0416. The molecule has 4 aromatic rings. The molecule has 2 aliphatic rings. The number of rotatable bonds is 6. The number of piperazine rings is 1. The molecule has 0 saturated carbocycles. The molecule has 2 fully saturated rings. The summed E-state index contributed by atoms with van der Waals surface area (Å²) in [7, 11) is 3.77. The molecular formula is C27H31FN8O3. The highest BCUT2D eigenvalue weighted by Crippen LogP contribution is 2.30. The summed E-state index contributed by atoms with van der Waals surface area (Å²) in [6.45, 7) is 5.98. The number of hydrogen-bond acceptors (Lipinski definition) is 9. The number of amides is 1. The second-order valence-electron chi connectivity index (χ2n) is 10.0. The van der Waals surface area contributed by atoms with Gasteiger partial charge in [0.1, 0.15) is 18.2 Å². The van der Waals surface area contributed by atoms with Crippen molar-refractivity contribution < 1.29 is 18.7 Å². The summed E-state index contributed by atoms with van der Waals surface area (Å²) < 4.78 is 27.9. The number of carbonyl (C=O) groups is 1. The smallest absolute Gasteiger partial charge is 0.317 e. The Balaban J connectivity index is 1.32. The summed E-state index contributed by atoms with van der Waals surface area (Å²) >= 11 is 0. The summed E-state index contributed by atoms with van der Waals surface area (Å²) in [4.78, 5) is 27.1. The number of aryl methyl sites for hydroxylation is 1. The first kappa shape index (κ1) is 25.4. The molecular weight excluding hydrogens is 503 g/mol. The molecule has 0 radical (unpaired) electrons. The maximum Gasteiger partial charge on any atom is 0.317 e. The Kier molecular flexibility index (Phi) is 6.98. The maximum atomic E-state index is 14.7.